The van der Waals surface area contributed by atoms with Crippen LogP contribution in [0, 0.1) is 0 Å². The summed E-state index contributed by atoms with van der Waals surface area (Å²) in [5.74, 6) is -0.240. The number of nitrogens with zero attached hydrogens (tertiary/aromatic N) is 2. The molecule has 1 aromatic rings. The molecule has 2 heterocycles. The molecule has 1 unspecified atom stereocenters. The zero-order valence-corrected chi connectivity index (χ0v) is 10.0. The molecule has 18 heavy (non-hydrogen) atoms. The maximum Gasteiger partial charge on any atom is 0.295 e. The molecule has 1 saturated heterocycles. The van der Waals surface area contributed by atoms with Gasteiger partial charge in [-0.05, 0) is 5.56 Å². The molecule has 1 atom stereocenters. The van der Waals surface area contributed by atoms with Crippen molar-refractivity contribution in [2.24, 2.45) is 10.7 Å². The highest BCUT2D eigenvalue weighted by atomic mass is 16.5. The summed E-state index contributed by atoms with van der Waals surface area (Å²) in [7, 11) is 0. The number of benzene rings is 1. The number of rotatable bonds is 2. The van der Waals surface area contributed by atoms with Gasteiger partial charge >= 0.3 is 0 Å². The first-order valence-corrected chi connectivity index (χ1v) is 6.02. The van der Waals surface area contributed by atoms with Crippen molar-refractivity contribution in [3.63, 3.8) is 0 Å². The predicted molar refractivity (Wildman–Crippen MR) is 66.8 cm³/mol. The average molecular weight is 245 g/mol. The largest absolute Gasteiger partial charge is 0.447 e. The number of hydrogen-bond donors (Lipinski definition) is 1. The van der Waals surface area contributed by atoms with E-state index in [2.05, 4.69) is 22.0 Å². The first-order valence-electron chi connectivity index (χ1n) is 6.02. The van der Waals surface area contributed by atoms with E-state index < -0.39 is 5.60 Å². The predicted octanol–water partition coefficient (Wildman–Crippen LogP) is 0.503. The highest BCUT2D eigenvalue weighted by Crippen LogP contribution is 2.31. The first kappa shape index (κ1) is 11.2. The number of carbonyl (C=O) groups is 1. The quantitative estimate of drug-likeness (QED) is 0.824. The van der Waals surface area contributed by atoms with Crippen LogP contribution < -0.4 is 5.73 Å². The third-order valence-electron chi connectivity index (χ3n) is 3.46. The number of amidine groups is 1. The van der Waals surface area contributed by atoms with Crippen molar-refractivity contribution < 1.29 is 9.53 Å². The summed E-state index contributed by atoms with van der Waals surface area (Å²) in [5, 5.41) is 0. The lowest BCUT2D eigenvalue weighted by atomic mass is 10.0. The highest BCUT2D eigenvalue weighted by Gasteiger charge is 2.50. The maximum absolute atomic E-state index is 11.8. The number of hydrogen-bond acceptors (Lipinski definition) is 4. The number of ether oxygens (including phenoxy) is 1. The molecule has 1 amide bonds. The molecule has 2 aliphatic rings. The van der Waals surface area contributed by atoms with E-state index in [1.54, 1.807) is 0 Å². The van der Waals surface area contributed by atoms with E-state index in [-0.39, 0.29) is 11.9 Å². The summed E-state index contributed by atoms with van der Waals surface area (Å²) >= 11 is 0. The molecule has 0 aromatic heterocycles. The Kier molecular flexibility index (Phi) is 2.56. The summed E-state index contributed by atoms with van der Waals surface area (Å²) in [6.45, 7) is 2.20. The van der Waals surface area contributed by atoms with Crippen molar-refractivity contribution in [1.82, 2.24) is 4.90 Å². The Morgan fingerprint density at radius 2 is 2.17 bits per heavy atom. The van der Waals surface area contributed by atoms with E-state index in [0.29, 0.717) is 13.0 Å². The molecule has 94 valence electrons. The lowest BCUT2D eigenvalue weighted by Crippen LogP contribution is -2.41. The lowest BCUT2D eigenvalue weighted by molar-refractivity contribution is -0.129. The zero-order chi connectivity index (χ0) is 12.6. The van der Waals surface area contributed by atoms with Crippen LogP contribution in [0.1, 0.15) is 12.0 Å². The second-order valence-electron chi connectivity index (χ2n) is 4.80. The minimum Gasteiger partial charge on any atom is -0.447 e. The molecular formula is C13H15N3O2. The molecule has 1 spiro atoms. The third-order valence-corrected chi connectivity index (χ3v) is 3.46. The summed E-state index contributed by atoms with van der Waals surface area (Å²) in [6, 6.07) is 10.2. The van der Waals surface area contributed by atoms with Gasteiger partial charge in [0.15, 0.2) is 0 Å². The molecule has 0 aliphatic carbocycles. The van der Waals surface area contributed by atoms with Crippen LogP contribution in [-0.2, 0) is 16.1 Å². The molecule has 1 aromatic carbocycles. The molecule has 0 saturated carbocycles. The van der Waals surface area contributed by atoms with Crippen molar-refractivity contribution in [1.29, 1.82) is 0 Å². The van der Waals surface area contributed by atoms with Gasteiger partial charge in [-0.25, -0.2) is 0 Å². The zero-order valence-electron chi connectivity index (χ0n) is 10.0. The highest BCUT2D eigenvalue weighted by molar-refractivity contribution is 6.01. The monoisotopic (exact) mass is 245 g/mol. The lowest BCUT2D eigenvalue weighted by Gasteiger charge is -2.21. The van der Waals surface area contributed by atoms with Gasteiger partial charge in [0.25, 0.3) is 11.9 Å². The third kappa shape index (κ3) is 1.86. The van der Waals surface area contributed by atoms with E-state index in [4.69, 9.17) is 10.5 Å². The molecule has 0 bridgehead atoms. The molecule has 2 N–H and O–H groups in total. The van der Waals surface area contributed by atoms with Crippen molar-refractivity contribution in [3.8, 4) is 0 Å². The summed E-state index contributed by atoms with van der Waals surface area (Å²) in [4.78, 5) is 17.7. The Labute approximate surface area is 105 Å². The van der Waals surface area contributed by atoms with Crippen molar-refractivity contribution in [3.05, 3.63) is 35.9 Å². The average Bonchev–Trinajstić information content (AvgIpc) is 2.86. The Balaban J connectivity index is 1.68. The topological polar surface area (TPSA) is 67.9 Å². The fourth-order valence-corrected chi connectivity index (χ4v) is 2.56. The van der Waals surface area contributed by atoms with Crippen LogP contribution in [0.4, 0.5) is 0 Å². The first-order chi connectivity index (χ1) is 8.68. The number of likely N-dealkylation sites (tertiary alicyclic amines) is 1. The second kappa shape index (κ2) is 4.10. The van der Waals surface area contributed by atoms with Gasteiger partial charge in [0.1, 0.15) is 0 Å². The van der Waals surface area contributed by atoms with Gasteiger partial charge < -0.3 is 10.5 Å². The summed E-state index contributed by atoms with van der Waals surface area (Å²) < 4.78 is 5.43. The Morgan fingerprint density at radius 3 is 2.83 bits per heavy atom. The summed E-state index contributed by atoms with van der Waals surface area (Å²) in [5.41, 5.74) is 5.88. The maximum atomic E-state index is 11.8. The fraction of sp³-hybridized carbons (Fsp3) is 0.385. The molecular weight excluding hydrogens is 230 g/mol. The van der Waals surface area contributed by atoms with Crippen LogP contribution in [0.15, 0.2) is 35.3 Å². The van der Waals surface area contributed by atoms with Gasteiger partial charge in [-0.15, -0.1) is 0 Å². The summed E-state index contributed by atoms with van der Waals surface area (Å²) in [6.07, 6.45) is 0.656. The molecule has 5 heteroatoms. The van der Waals surface area contributed by atoms with Gasteiger partial charge in [-0.3, -0.25) is 9.69 Å². The van der Waals surface area contributed by atoms with Gasteiger partial charge in [-0.1, -0.05) is 30.3 Å². The van der Waals surface area contributed by atoms with Crippen LogP contribution in [0.3, 0.4) is 0 Å². The molecule has 5 nitrogen and oxygen atoms in total. The van der Waals surface area contributed by atoms with Crippen molar-refractivity contribution in [2.45, 2.75) is 18.6 Å². The van der Waals surface area contributed by atoms with Gasteiger partial charge in [-0.2, -0.15) is 4.99 Å². The standard InChI is InChI=1S/C13H15N3O2/c14-12-15-11(17)13(18-12)6-7-16(9-13)8-10-4-2-1-3-5-10/h1-5H,6-9H2,(H2,14,15,17). The van der Waals surface area contributed by atoms with Crippen molar-refractivity contribution in [2.75, 3.05) is 13.1 Å². The molecule has 2 aliphatic heterocycles. The van der Waals surface area contributed by atoms with Crippen LogP contribution in [0.5, 0.6) is 0 Å². The van der Waals surface area contributed by atoms with Crippen LogP contribution >= 0.6 is 0 Å². The Morgan fingerprint density at radius 1 is 1.39 bits per heavy atom. The number of carbonyl (C=O) groups excluding carboxylic acids is 1. The van der Waals surface area contributed by atoms with Gasteiger partial charge in [0.2, 0.25) is 5.60 Å². The minimum absolute atomic E-state index is 0.00145. The minimum atomic E-state index is -0.821. The van der Waals surface area contributed by atoms with E-state index in [1.165, 1.54) is 5.56 Å². The van der Waals surface area contributed by atoms with Crippen LogP contribution in [-0.4, -0.2) is 35.5 Å². The number of aliphatic imine (C=N–C) groups is 1. The van der Waals surface area contributed by atoms with Gasteiger partial charge in [0, 0.05) is 26.1 Å². The number of nitrogens with two attached hydrogens (primary N) is 1. The van der Waals surface area contributed by atoms with Gasteiger partial charge in [0.05, 0.1) is 0 Å². The Bertz CT molecular complexity index is 500. The smallest absolute Gasteiger partial charge is 0.295 e. The fourth-order valence-electron chi connectivity index (χ4n) is 2.56. The van der Waals surface area contributed by atoms with Crippen molar-refractivity contribution >= 4 is 11.9 Å². The number of amides is 1. The SMILES string of the molecule is NC1=NC(=O)C2(CCN(Cc3ccccc3)C2)O1. The normalized spacial score (nSPS) is 27.6. The van der Waals surface area contributed by atoms with E-state index >= 15 is 0 Å². The molecule has 3 rings (SSSR count). The van der Waals surface area contributed by atoms with E-state index in [1.807, 2.05) is 18.2 Å². The Hall–Kier alpha value is -1.88. The second-order valence-corrected chi connectivity index (χ2v) is 4.80. The van der Waals surface area contributed by atoms with E-state index in [9.17, 15) is 4.79 Å². The van der Waals surface area contributed by atoms with Crippen LogP contribution in [0.2, 0.25) is 0 Å². The molecule has 0 radical (unpaired) electrons. The van der Waals surface area contributed by atoms with E-state index in [0.717, 1.165) is 13.1 Å². The molecule has 1 fully saturated rings. The van der Waals surface area contributed by atoms with Crippen LogP contribution in [0.25, 0.3) is 0 Å².